The predicted molar refractivity (Wildman–Crippen MR) is 15.4 cm³/mol. The van der Waals surface area contributed by atoms with Crippen molar-refractivity contribution in [1.82, 2.24) is 0 Å². The van der Waals surface area contributed by atoms with Crippen LogP contribution in [0.1, 0.15) is 1.43 Å². The van der Waals surface area contributed by atoms with E-state index in [9.17, 15) is 0 Å². The van der Waals surface area contributed by atoms with Crippen molar-refractivity contribution in [2.24, 2.45) is 0 Å². The van der Waals surface area contributed by atoms with Crippen molar-refractivity contribution in [2.75, 3.05) is 0 Å². The van der Waals surface area contributed by atoms with Crippen molar-refractivity contribution in [2.45, 2.75) is 0 Å². The zero-order valence-corrected chi connectivity index (χ0v) is 8.48. The van der Waals surface area contributed by atoms with E-state index in [-0.39, 0.29) is 71.2 Å². The first-order valence-electron chi connectivity index (χ1n) is 0.783. The van der Waals surface area contributed by atoms with Gasteiger partial charge in [0.1, 0.15) is 0 Å². The van der Waals surface area contributed by atoms with Crippen LogP contribution in [0.25, 0.3) is 0 Å². The standard InChI is InChI=1S/Co.Fe.Li.Mn.H3O4P.H/c;;;;1-5(2,3)4;/h;;;;(H3,1,2,3,4);/q;;+1;;;-1. The van der Waals surface area contributed by atoms with E-state index in [0.717, 1.165) is 0 Å². The molecule has 0 bridgehead atoms. The molecule has 0 atom stereocenters. The second-order valence-corrected chi connectivity index (χ2v) is 1.54. The third-order valence-corrected chi connectivity index (χ3v) is 0. The molecule has 58 valence electrons. The van der Waals surface area contributed by atoms with Crippen molar-refractivity contribution >= 4 is 7.82 Å². The molecule has 0 aliphatic carbocycles. The molecule has 9 heavy (non-hydrogen) atoms. The summed E-state index contributed by atoms with van der Waals surface area (Å²) in [5.41, 5.74) is 0. The Morgan fingerprint density at radius 2 is 1.22 bits per heavy atom. The van der Waals surface area contributed by atoms with E-state index in [4.69, 9.17) is 19.2 Å². The molecule has 0 amide bonds. The fraction of sp³-hybridized carbons (Fsp3) is 0. The maximum Gasteiger partial charge on any atom is 1.00 e. The van der Waals surface area contributed by atoms with E-state index in [1.807, 2.05) is 0 Å². The molecule has 0 spiro atoms. The zero-order valence-electron chi connectivity index (χ0n) is 5.26. The first-order valence-corrected chi connectivity index (χ1v) is 2.35. The Hall–Kier alpha value is 2.25. The van der Waals surface area contributed by atoms with Crippen molar-refractivity contribution in [1.29, 1.82) is 0 Å². The minimum Gasteiger partial charge on any atom is -1.00 e. The van der Waals surface area contributed by atoms with Crippen LogP contribution in [0.2, 0.25) is 0 Å². The van der Waals surface area contributed by atoms with Crippen LogP contribution in [0.15, 0.2) is 0 Å². The Morgan fingerprint density at radius 3 is 1.22 bits per heavy atom. The molecule has 0 aromatic rings. The summed E-state index contributed by atoms with van der Waals surface area (Å²) in [6.07, 6.45) is 0. The second-order valence-electron chi connectivity index (χ2n) is 0.513. The fourth-order valence-electron chi connectivity index (χ4n) is 0. The van der Waals surface area contributed by atoms with Crippen molar-refractivity contribution in [3.63, 3.8) is 0 Å². The molecule has 9 heteroatoms. The molecule has 0 aliphatic heterocycles. The van der Waals surface area contributed by atoms with Crippen LogP contribution < -0.4 is 18.9 Å². The molecular weight excluding hydrogens is 272 g/mol. The normalized spacial score (nSPS) is 6.56. The molecule has 0 unspecified atom stereocenters. The molecular formula is H4CoFeLiMnO4P. The van der Waals surface area contributed by atoms with E-state index in [1.54, 1.807) is 0 Å². The first-order chi connectivity index (χ1) is 2.00. The Kier molecular flexibility index (Phi) is 43.3. The number of phosphoric acid groups is 1. The van der Waals surface area contributed by atoms with Crippen molar-refractivity contribution < 1.29 is 90.4 Å². The fourth-order valence-corrected chi connectivity index (χ4v) is 0. The molecule has 2 radical (unpaired) electrons. The van der Waals surface area contributed by atoms with Gasteiger partial charge in [0, 0.05) is 50.9 Å². The smallest absolute Gasteiger partial charge is 1.00 e. The molecule has 0 rings (SSSR count). The Bertz CT molecular complexity index is 71.4. The van der Waals surface area contributed by atoms with Gasteiger partial charge in [-0.3, -0.25) is 0 Å². The Balaban J connectivity index is -0.00000000800. The minimum atomic E-state index is -4.64. The van der Waals surface area contributed by atoms with Crippen LogP contribution in [-0.2, 0) is 55.5 Å². The van der Waals surface area contributed by atoms with Crippen LogP contribution in [0.4, 0.5) is 0 Å². The molecule has 0 saturated heterocycles. The van der Waals surface area contributed by atoms with Gasteiger partial charge in [-0.1, -0.05) is 0 Å². The molecule has 0 saturated carbocycles. The first kappa shape index (κ1) is 30.3. The molecule has 4 nitrogen and oxygen atoms in total. The molecule has 0 fully saturated rings. The summed E-state index contributed by atoms with van der Waals surface area (Å²) in [5.74, 6) is 0. The summed E-state index contributed by atoms with van der Waals surface area (Å²) in [6, 6.07) is 0. The summed E-state index contributed by atoms with van der Waals surface area (Å²) in [6.45, 7) is 0. The average Bonchev–Trinajstić information content (AvgIpc) is 0.722. The number of rotatable bonds is 0. The van der Waals surface area contributed by atoms with Gasteiger partial charge in [-0.25, -0.2) is 4.57 Å². The third kappa shape index (κ3) is 138. The van der Waals surface area contributed by atoms with Crippen LogP contribution in [0.3, 0.4) is 0 Å². The molecule has 0 heterocycles. The van der Waals surface area contributed by atoms with Gasteiger partial charge in [0.05, 0.1) is 0 Å². The van der Waals surface area contributed by atoms with Gasteiger partial charge in [0.25, 0.3) is 0 Å². The Labute approximate surface area is 97.6 Å². The summed E-state index contributed by atoms with van der Waals surface area (Å²) in [4.78, 5) is 21.6. The van der Waals surface area contributed by atoms with Crippen LogP contribution in [0, 0.1) is 0 Å². The van der Waals surface area contributed by atoms with Crippen LogP contribution >= 0.6 is 7.82 Å². The molecule has 0 aromatic carbocycles. The Morgan fingerprint density at radius 1 is 1.22 bits per heavy atom. The maximum atomic E-state index is 8.88. The van der Waals surface area contributed by atoms with Crippen LogP contribution in [-0.4, -0.2) is 14.7 Å². The van der Waals surface area contributed by atoms with Gasteiger partial charge in [0.2, 0.25) is 0 Å². The van der Waals surface area contributed by atoms with Crippen molar-refractivity contribution in [3.05, 3.63) is 0 Å². The van der Waals surface area contributed by atoms with E-state index in [2.05, 4.69) is 0 Å². The van der Waals surface area contributed by atoms with E-state index in [0.29, 0.717) is 0 Å². The van der Waals surface area contributed by atoms with Gasteiger partial charge >= 0.3 is 26.7 Å². The number of hydrogen-bond acceptors (Lipinski definition) is 1. The van der Waals surface area contributed by atoms with Gasteiger partial charge in [-0.2, -0.15) is 0 Å². The van der Waals surface area contributed by atoms with Gasteiger partial charge in [0.15, 0.2) is 0 Å². The maximum absolute atomic E-state index is 8.88. The van der Waals surface area contributed by atoms with Crippen molar-refractivity contribution in [3.8, 4) is 0 Å². The van der Waals surface area contributed by atoms with E-state index in [1.165, 1.54) is 0 Å². The second kappa shape index (κ2) is 12.9. The van der Waals surface area contributed by atoms with E-state index >= 15 is 0 Å². The summed E-state index contributed by atoms with van der Waals surface area (Å²) in [7, 11) is -4.64. The SMILES string of the molecule is O=P(O)(O)O.[Co].[Fe].[H-].[Li+].[Mn]. The quantitative estimate of drug-likeness (QED) is 0.313. The van der Waals surface area contributed by atoms with Crippen LogP contribution in [0.5, 0.6) is 0 Å². The topological polar surface area (TPSA) is 77.8 Å². The summed E-state index contributed by atoms with van der Waals surface area (Å²) >= 11 is 0. The molecule has 3 N–H and O–H groups in total. The summed E-state index contributed by atoms with van der Waals surface area (Å²) in [5, 5.41) is 0. The number of hydrogen-bond donors (Lipinski definition) is 3. The average molecular weight is 276 g/mol. The van der Waals surface area contributed by atoms with Gasteiger partial charge in [-0.05, 0) is 0 Å². The molecule has 0 aliphatic rings. The third-order valence-electron chi connectivity index (χ3n) is 0. The van der Waals surface area contributed by atoms with Gasteiger partial charge in [-0.15, -0.1) is 0 Å². The zero-order chi connectivity index (χ0) is 4.50. The van der Waals surface area contributed by atoms with E-state index < -0.39 is 7.82 Å². The predicted octanol–water partition coefficient (Wildman–Crippen LogP) is -3.82. The largest absolute Gasteiger partial charge is 1.00 e. The molecule has 0 aromatic heterocycles. The summed E-state index contributed by atoms with van der Waals surface area (Å²) < 4.78 is 8.88. The van der Waals surface area contributed by atoms with Gasteiger partial charge < -0.3 is 16.1 Å². The monoisotopic (exact) mass is 276 g/mol. The minimum absolute atomic E-state index is 0.